The van der Waals surface area contributed by atoms with Crippen LogP contribution in [-0.4, -0.2) is 53.5 Å². The highest BCUT2D eigenvalue weighted by Crippen LogP contribution is 2.28. The van der Waals surface area contributed by atoms with Gasteiger partial charge in [0.25, 0.3) is 10.1 Å². The Balaban J connectivity index is 1.52. The fourth-order valence-corrected chi connectivity index (χ4v) is 4.24. The minimum atomic E-state index is -4.59. The van der Waals surface area contributed by atoms with E-state index in [1.54, 1.807) is 17.8 Å². The summed E-state index contributed by atoms with van der Waals surface area (Å²) in [5, 5.41) is 17.7. The average Bonchev–Trinajstić information content (AvgIpc) is 3.28. The van der Waals surface area contributed by atoms with Crippen molar-refractivity contribution in [1.82, 2.24) is 25.6 Å². The largest absolute Gasteiger partial charge is 0.422 e. The van der Waals surface area contributed by atoms with Gasteiger partial charge in [0.05, 0.1) is 23.4 Å². The van der Waals surface area contributed by atoms with Crippen LogP contribution in [0.3, 0.4) is 0 Å². The van der Waals surface area contributed by atoms with Crippen LogP contribution in [0.25, 0.3) is 21.4 Å². The van der Waals surface area contributed by atoms with Crippen LogP contribution < -0.4 is 22.0 Å². The molecule has 5 N–H and O–H groups in total. The van der Waals surface area contributed by atoms with Crippen LogP contribution in [0.15, 0.2) is 37.6 Å². The van der Waals surface area contributed by atoms with Crippen LogP contribution in [0, 0.1) is 6.92 Å². The highest BCUT2D eigenvalue weighted by atomic mass is 32.2. The second-order valence-corrected chi connectivity index (χ2v) is 9.58. The van der Waals surface area contributed by atoms with Gasteiger partial charge in [-0.25, -0.2) is 4.79 Å². The van der Waals surface area contributed by atoms with Gasteiger partial charge >= 0.3 is 5.63 Å². The maximum absolute atomic E-state index is 12.4. The Hall–Kier alpha value is -3.98. The molecule has 16 heteroatoms. The SMILES string of the molecule is Cc1c(CC(=O)NCCCn2cc(CNCCCN=[N+]=[N-])nn2)c(=O)oc2cc(N)c(S(=O)(=O)O)cc12. The lowest BCUT2D eigenvalue weighted by molar-refractivity contribution is -0.120. The molecule has 0 bridgehead atoms. The number of amides is 1. The molecule has 0 unspecified atom stereocenters. The molecule has 0 radical (unpaired) electrons. The molecule has 2 aromatic heterocycles. The molecule has 0 saturated carbocycles. The highest BCUT2D eigenvalue weighted by molar-refractivity contribution is 7.86. The third-order valence-electron chi connectivity index (χ3n) is 5.49. The molecule has 37 heavy (non-hydrogen) atoms. The third kappa shape index (κ3) is 7.50. The van der Waals surface area contributed by atoms with E-state index >= 15 is 0 Å². The van der Waals surface area contributed by atoms with E-state index in [1.807, 2.05) is 0 Å². The van der Waals surface area contributed by atoms with Crippen molar-refractivity contribution in [2.45, 2.75) is 44.2 Å². The molecule has 0 spiro atoms. The molecule has 0 fully saturated rings. The Bertz CT molecular complexity index is 1490. The average molecular weight is 534 g/mol. The number of aromatic nitrogens is 3. The van der Waals surface area contributed by atoms with Crippen LogP contribution in [0.2, 0.25) is 0 Å². The Kier molecular flexibility index (Phi) is 9.19. The number of hydrogen-bond acceptors (Lipinski definition) is 10. The van der Waals surface area contributed by atoms with Gasteiger partial charge in [0.2, 0.25) is 5.91 Å². The van der Waals surface area contributed by atoms with Crippen LogP contribution in [0.4, 0.5) is 5.69 Å². The third-order valence-corrected chi connectivity index (χ3v) is 6.40. The molecule has 0 aliphatic carbocycles. The molecule has 0 aliphatic heterocycles. The van der Waals surface area contributed by atoms with Crippen molar-refractivity contribution in [1.29, 1.82) is 0 Å². The number of fused-ring (bicyclic) bond motifs is 1. The molecular formula is C21H27N9O6S. The van der Waals surface area contributed by atoms with Crippen molar-refractivity contribution < 1.29 is 22.2 Å². The first-order valence-electron chi connectivity index (χ1n) is 11.3. The predicted molar refractivity (Wildman–Crippen MR) is 133 cm³/mol. The van der Waals surface area contributed by atoms with E-state index in [1.165, 1.54) is 0 Å². The number of azide groups is 1. The van der Waals surface area contributed by atoms with Crippen LogP contribution in [0.5, 0.6) is 0 Å². The highest BCUT2D eigenvalue weighted by Gasteiger charge is 2.20. The minimum Gasteiger partial charge on any atom is -0.422 e. The Morgan fingerprint density at radius 2 is 2.11 bits per heavy atom. The number of anilines is 1. The van der Waals surface area contributed by atoms with E-state index in [0.29, 0.717) is 44.7 Å². The lowest BCUT2D eigenvalue weighted by atomic mass is 10.0. The molecule has 0 aliphatic rings. The number of carbonyl (C=O) groups is 1. The Morgan fingerprint density at radius 1 is 1.32 bits per heavy atom. The van der Waals surface area contributed by atoms with Gasteiger partial charge in [-0.1, -0.05) is 10.3 Å². The lowest BCUT2D eigenvalue weighted by Gasteiger charge is -2.10. The number of nitrogen functional groups attached to an aromatic ring is 1. The van der Waals surface area contributed by atoms with E-state index in [0.717, 1.165) is 24.2 Å². The maximum atomic E-state index is 12.4. The zero-order valence-corrected chi connectivity index (χ0v) is 20.9. The summed E-state index contributed by atoms with van der Waals surface area (Å²) in [4.78, 5) is 27.1. The van der Waals surface area contributed by atoms with Crippen molar-refractivity contribution >= 4 is 32.7 Å². The Morgan fingerprint density at radius 3 is 2.84 bits per heavy atom. The second-order valence-electron chi connectivity index (χ2n) is 8.19. The van der Waals surface area contributed by atoms with Gasteiger partial charge in [-0.05, 0) is 43.5 Å². The number of nitrogens with one attached hydrogen (secondary N) is 2. The summed E-state index contributed by atoms with van der Waals surface area (Å²) in [7, 11) is -4.59. The second kappa shape index (κ2) is 12.3. The van der Waals surface area contributed by atoms with Crippen LogP contribution in [0.1, 0.15) is 29.7 Å². The van der Waals surface area contributed by atoms with Crippen molar-refractivity contribution in [3.05, 3.63) is 56.0 Å². The summed E-state index contributed by atoms with van der Waals surface area (Å²) < 4.78 is 39.4. The van der Waals surface area contributed by atoms with Crippen LogP contribution >= 0.6 is 0 Å². The van der Waals surface area contributed by atoms with Gasteiger partial charge in [0.15, 0.2) is 0 Å². The summed E-state index contributed by atoms with van der Waals surface area (Å²) in [6, 6.07) is 2.26. The van der Waals surface area contributed by atoms with Gasteiger partial charge in [0.1, 0.15) is 10.5 Å². The number of nitrogens with zero attached hydrogens (tertiary/aromatic N) is 6. The van der Waals surface area contributed by atoms with E-state index in [2.05, 4.69) is 31.0 Å². The van der Waals surface area contributed by atoms with Crippen molar-refractivity contribution in [2.24, 2.45) is 5.11 Å². The molecule has 15 nitrogen and oxygen atoms in total. The first-order valence-corrected chi connectivity index (χ1v) is 12.7. The fourth-order valence-electron chi connectivity index (χ4n) is 3.62. The molecule has 1 amide bonds. The van der Waals surface area contributed by atoms with Crippen molar-refractivity contribution in [3.8, 4) is 0 Å². The zero-order chi connectivity index (χ0) is 27.0. The summed E-state index contributed by atoms with van der Waals surface area (Å²) in [6.07, 6.45) is 2.81. The minimum absolute atomic E-state index is 0.0483. The van der Waals surface area contributed by atoms with Gasteiger partial charge in [-0.15, -0.1) is 5.10 Å². The quantitative estimate of drug-likeness (QED) is 0.0464. The van der Waals surface area contributed by atoms with E-state index in [9.17, 15) is 22.6 Å². The number of benzene rings is 1. The standard InChI is InChI=1S/C21H27N9O6S/c1-13-15-8-19(37(33,34)35)17(22)10-18(15)36-21(32)16(13)9-20(31)25-5-3-7-30-12-14(27-29-30)11-24-4-2-6-26-28-23/h8,10,12,24H,2-7,9,11,22H2,1H3,(H,25,31)(H,33,34,35). The molecular weight excluding hydrogens is 506 g/mol. The normalized spacial score (nSPS) is 11.4. The summed E-state index contributed by atoms with van der Waals surface area (Å²) in [5.41, 5.74) is 14.1. The molecule has 0 saturated heterocycles. The van der Waals surface area contributed by atoms with Gasteiger partial charge in [-0.2, -0.15) is 8.42 Å². The monoisotopic (exact) mass is 533 g/mol. The molecule has 198 valence electrons. The predicted octanol–water partition coefficient (Wildman–Crippen LogP) is 1.06. The summed E-state index contributed by atoms with van der Waals surface area (Å²) in [5.74, 6) is -0.413. The Labute approximate surface area is 211 Å². The summed E-state index contributed by atoms with van der Waals surface area (Å²) >= 11 is 0. The van der Waals surface area contributed by atoms with Gasteiger partial charge in [-0.3, -0.25) is 14.0 Å². The van der Waals surface area contributed by atoms with Crippen molar-refractivity contribution in [2.75, 3.05) is 25.4 Å². The topological polar surface area (TPSA) is 231 Å². The fraction of sp³-hybridized carbons (Fsp3) is 0.429. The number of hydrogen-bond donors (Lipinski definition) is 4. The van der Waals surface area contributed by atoms with Crippen LogP contribution in [-0.2, 0) is 34.4 Å². The van der Waals surface area contributed by atoms with Gasteiger partial charge in [0, 0.05) is 48.7 Å². The first-order chi connectivity index (χ1) is 17.6. The molecule has 1 aromatic carbocycles. The lowest BCUT2D eigenvalue weighted by Crippen LogP contribution is -2.29. The van der Waals surface area contributed by atoms with Crippen molar-refractivity contribution in [3.63, 3.8) is 0 Å². The molecule has 0 atom stereocenters. The van der Waals surface area contributed by atoms with E-state index in [4.69, 9.17) is 15.7 Å². The first kappa shape index (κ1) is 27.6. The number of nitrogens with two attached hydrogens (primary N) is 1. The number of carbonyl (C=O) groups excluding carboxylic acids is 1. The van der Waals surface area contributed by atoms with E-state index < -0.39 is 26.5 Å². The molecule has 3 aromatic rings. The smallest absolute Gasteiger partial charge is 0.340 e. The number of rotatable bonds is 13. The molecule has 3 rings (SSSR count). The summed E-state index contributed by atoms with van der Waals surface area (Å²) in [6.45, 7) is 4.04. The maximum Gasteiger partial charge on any atom is 0.340 e. The molecule has 2 heterocycles. The van der Waals surface area contributed by atoms with Gasteiger partial charge < -0.3 is 20.8 Å². The van der Waals surface area contributed by atoms with E-state index in [-0.39, 0.29) is 28.6 Å². The number of aryl methyl sites for hydroxylation is 2. The zero-order valence-electron chi connectivity index (χ0n) is 20.0.